The van der Waals surface area contributed by atoms with Crippen molar-refractivity contribution in [1.29, 1.82) is 0 Å². The van der Waals surface area contributed by atoms with Gasteiger partial charge >= 0.3 is 0 Å². The van der Waals surface area contributed by atoms with Crippen molar-refractivity contribution in [3.63, 3.8) is 0 Å². The molecule has 1 fully saturated rings. The van der Waals surface area contributed by atoms with Gasteiger partial charge in [-0.15, -0.1) is 0 Å². The molecule has 162 valence electrons. The molecule has 4 rings (SSSR count). The van der Waals surface area contributed by atoms with Gasteiger partial charge in [0.15, 0.2) is 5.41 Å². The number of amides is 2. The Bertz CT molecular complexity index is 1090. The van der Waals surface area contributed by atoms with Crippen molar-refractivity contribution >= 4 is 28.9 Å². The fraction of sp³-hybridized carbons (Fsp3) is 0.167. The van der Waals surface area contributed by atoms with E-state index in [1.807, 2.05) is 12.1 Å². The Morgan fingerprint density at radius 2 is 1.25 bits per heavy atom. The lowest BCUT2D eigenvalue weighted by Gasteiger charge is -2.28. The highest BCUT2D eigenvalue weighted by Gasteiger charge is 2.61. The van der Waals surface area contributed by atoms with Gasteiger partial charge in [0.05, 0.1) is 16.3 Å². The lowest BCUT2D eigenvalue weighted by molar-refractivity contribution is -0.384. The monoisotopic (exact) mass is 431 g/mol. The van der Waals surface area contributed by atoms with Gasteiger partial charge in [-0.05, 0) is 48.9 Å². The van der Waals surface area contributed by atoms with Gasteiger partial charge in [0, 0.05) is 19.2 Å². The lowest BCUT2D eigenvalue weighted by Crippen LogP contribution is -2.41. The number of ether oxygens (including phenoxy) is 1. The highest BCUT2D eigenvalue weighted by Crippen LogP contribution is 2.47. The number of para-hydroxylation sites is 2. The van der Waals surface area contributed by atoms with E-state index >= 15 is 0 Å². The molecule has 0 N–H and O–H groups in total. The maximum Gasteiger partial charge on any atom is 0.269 e. The molecule has 0 aromatic heterocycles. The summed E-state index contributed by atoms with van der Waals surface area (Å²) in [6, 6.07) is 23.5. The van der Waals surface area contributed by atoms with Crippen LogP contribution in [0.15, 0.2) is 84.9 Å². The number of hydrazine groups is 1. The Kier molecular flexibility index (Phi) is 5.46. The van der Waals surface area contributed by atoms with Gasteiger partial charge in [0.1, 0.15) is 6.10 Å². The van der Waals surface area contributed by atoms with Gasteiger partial charge in [0.25, 0.3) is 17.5 Å². The first-order valence-electron chi connectivity index (χ1n) is 9.96. The van der Waals surface area contributed by atoms with Crippen LogP contribution in [0.25, 0.3) is 0 Å². The van der Waals surface area contributed by atoms with Crippen LogP contribution in [-0.2, 0) is 14.3 Å². The number of benzene rings is 3. The molecule has 8 heteroatoms. The van der Waals surface area contributed by atoms with Crippen LogP contribution in [0.5, 0.6) is 0 Å². The number of carbonyl (C=O) groups excluding carboxylic acids is 2. The first-order chi connectivity index (χ1) is 15.4. The van der Waals surface area contributed by atoms with Gasteiger partial charge in [-0.3, -0.25) is 19.7 Å². The minimum absolute atomic E-state index is 0.0883. The largest absolute Gasteiger partial charge is 0.375 e. The van der Waals surface area contributed by atoms with E-state index in [4.69, 9.17) is 4.74 Å². The Morgan fingerprint density at radius 3 is 1.62 bits per heavy atom. The Hall–Kier alpha value is -4.04. The smallest absolute Gasteiger partial charge is 0.269 e. The molecule has 2 amide bonds. The predicted molar refractivity (Wildman–Crippen MR) is 119 cm³/mol. The van der Waals surface area contributed by atoms with Crippen molar-refractivity contribution in [1.82, 2.24) is 0 Å². The van der Waals surface area contributed by atoms with Gasteiger partial charge in [0.2, 0.25) is 0 Å². The molecular weight excluding hydrogens is 410 g/mol. The molecule has 0 bridgehead atoms. The zero-order valence-electron chi connectivity index (χ0n) is 17.5. The third-order valence-electron chi connectivity index (χ3n) is 5.64. The van der Waals surface area contributed by atoms with Crippen LogP contribution in [0, 0.1) is 15.5 Å². The first-order valence-corrected chi connectivity index (χ1v) is 9.96. The number of rotatable bonds is 6. The molecule has 1 aliphatic heterocycles. The summed E-state index contributed by atoms with van der Waals surface area (Å²) in [5.41, 5.74) is -0.120. The van der Waals surface area contributed by atoms with Crippen LogP contribution in [0.3, 0.4) is 0 Å². The molecule has 32 heavy (non-hydrogen) atoms. The van der Waals surface area contributed by atoms with E-state index in [0.717, 1.165) is 0 Å². The van der Waals surface area contributed by atoms with E-state index in [2.05, 4.69) is 0 Å². The van der Waals surface area contributed by atoms with E-state index in [-0.39, 0.29) is 5.69 Å². The summed E-state index contributed by atoms with van der Waals surface area (Å²) in [5, 5.41) is 13.7. The van der Waals surface area contributed by atoms with Crippen LogP contribution in [0.2, 0.25) is 0 Å². The average Bonchev–Trinajstić information content (AvgIpc) is 3.02. The fourth-order valence-corrected chi connectivity index (χ4v) is 4.02. The standard InChI is InChI=1S/C24H21N3O5/c1-24(21(32-2)17-13-15-20(16-14-17)27(30)31)22(28)25(18-9-5-3-6-10-18)26(23(24)29)19-11-7-4-8-12-19/h3-16,21H,1-2H3. The molecule has 1 heterocycles. The summed E-state index contributed by atoms with van der Waals surface area (Å²) in [4.78, 5) is 38.2. The number of hydrogen-bond donors (Lipinski definition) is 0. The fourth-order valence-electron chi connectivity index (χ4n) is 4.02. The lowest BCUT2D eigenvalue weighted by atomic mass is 9.79. The van der Waals surface area contributed by atoms with Crippen LogP contribution >= 0.6 is 0 Å². The summed E-state index contributed by atoms with van der Waals surface area (Å²) in [7, 11) is 1.41. The summed E-state index contributed by atoms with van der Waals surface area (Å²) in [5.74, 6) is -0.912. The second-order valence-corrected chi connectivity index (χ2v) is 7.57. The second-order valence-electron chi connectivity index (χ2n) is 7.57. The minimum atomic E-state index is -1.60. The summed E-state index contributed by atoms with van der Waals surface area (Å²) in [6.45, 7) is 1.55. The molecule has 3 aromatic carbocycles. The first kappa shape index (κ1) is 21.2. The highest BCUT2D eigenvalue weighted by molar-refractivity contribution is 6.26. The van der Waals surface area contributed by atoms with Crippen LogP contribution in [-0.4, -0.2) is 23.8 Å². The van der Waals surface area contributed by atoms with E-state index in [0.29, 0.717) is 16.9 Å². The Balaban J connectivity index is 1.84. The van der Waals surface area contributed by atoms with Crippen molar-refractivity contribution in [2.75, 3.05) is 17.1 Å². The van der Waals surface area contributed by atoms with Crippen molar-refractivity contribution in [2.45, 2.75) is 13.0 Å². The molecule has 0 spiro atoms. The molecule has 0 aliphatic carbocycles. The topological polar surface area (TPSA) is 93.0 Å². The van der Waals surface area contributed by atoms with Crippen molar-refractivity contribution in [3.05, 3.63) is 101 Å². The number of carbonyl (C=O) groups is 2. The van der Waals surface area contributed by atoms with Crippen molar-refractivity contribution in [2.24, 2.45) is 5.41 Å². The molecule has 8 nitrogen and oxygen atoms in total. The normalized spacial score (nSPS) is 16.3. The average molecular weight is 431 g/mol. The highest BCUT2D eigenvalue weighted by atomic mass is 16.6. The molecule has 0 radical (unpaired) electrons. The number of nitro groups is 1. The molecule has 1 saturated heterocycles. The number of anilines is 2. The van der Waals surface area contributed by atoms with E-state index < -0.39 is 28.3 Å². The number of nitrogens with zero attached hydrogens (tertiary/aromatic N) is 3. The number of non-ortho nitro benzene ring substituents is 1. The van der Waals surface area contributed by atoms with Gasteiger partial charge in [-0.25, -0.2) is 10.0 Å². The van der Waals surface area contributed by atoms with Gasteiger partial charge < -0.3 is 4.74 Å². The predicted octanol–water partition coefficient (Wildman–Crippen LogP) is 4.28. The molecule has 1 unspecified atom stereocenters. The summed E-state index contributed by atoms with van der Waals surface area (Å²) >= 11 is 0. The zero-order chi connectivity index (χ0) is 22.9. The van der Waals surface area contributed by atoms with E-state index in [1.54, 1.807) is 55.5 Å². The molecule has 1 aliphatic rings. The van der Waals surface area contributed by atoms with Crippen LogP contribution in [0.4, 0.5) is 17.1 Å². The number of methoxy groups -OCH3 is 1. The summed E-state index contributed by atoms with van der Waals surface area (Å²) in [6.07, 6.45) is -0.955. The third kappa shape index (κ3) is 3.30. The molecule has 1 atom stereocenters. The van der Waals surface area contributed by atoms with Gasteiger partial charge in [-0.2, -0.15) is 0 Å². The maximum atomic E-state index is 13.8. The van der Waals surface area contributed by atoms with Gasteiger partial charge in [-0.1, -0.05) is 36.4 Å². The molecular formula is C24H21N3O5. The summed E-state index contributed by atoms with van der Waals surface area (Å²) < 4.78 is 5.67. The molecule has 3 aromatic rings. The molecule has 0 saturated carbocycles. The van der Waals surface area contributed by atoms with Crippen molar-refractivity contribution in [3.8, 4) is 0 Å². The third-order valence-corrected chi connectivity index (χ3v) is 5.64. The number of nitro benzene ring substituents is 1. The quantitative estimate of drug-likeness (QED) is 0.330. The van der Waals surface area contributed by atoms with Crippen molar-refractivity contribution < 1.29 is 19.2 Å². The Morgan fingerprint density at radius 1 is 0.812 bits per heavy atom. The SMILES string of the molecule is COC(c1ccc([N+](=O)[O-])cc1)C1(C)C(=O)N(c2ccccc2)N(c2ccccc2)C1=O. The van der Waals surface area contributed by atoms with Crippen LogP contribution in [0.1, 0.15) is 18.6 Å². The zero-order valence-corrected chi connectivity index (χ0v) is 17.5. The second kappa shape index (κ2) is 8.24. The minimum Gasteiger partial charge on any atom is -0.375 e. The maximum absolute atomic E-state index is 13.8. The Labute approximate surface area is 184 Å². The van der Waals surface area contributed by atoms with E-state index in [1.165, 1.54) is 41.4 Å². The van der Waals surface area contributed by atoms with E-state index in [9.17, 15) is 19.7 Å². The number of hydrogen-bond acceptors (Lipinski definition) is 5. The van der Waals surface area contributed by atoms with Crippen LogP contribution < -0.4 is 10.0 Å².